The molecule has 11 heavy (non-hydrogen) atoms. The van der Waals surface area contributed by atoms with E-state index in [1.54, 1.807) is 6.42 Å². The van der Waals surface area contributed by atoms with Crippen LogP contribution in [0.25, 0.3) is 0 Å². The van der Waals surface area contributed by atoms with Crippen molar-refractivity contribution in [3.63, 3.8) is 0 Å². The van der Waals surface area contributed by atoms with E-state index in [0.29, 0.717) is 0 Å². The fourth-order valence-electron chi connectivity index (χ4n) is 3.42. The lowest BCUT2D eigenvalue weighted by Gasteiger charge is -2.28. The standard InChI is InChI=1S/C11H20/c1-9-5-7-11(8-9)6-3-4-10(11)2/h9-10H,3-8H2,1-2H3. The summed E-state index contributed by atoms with van der Waals surface area (Å²) >= 11 is 0. The van der Waals surface area contributed by atoms with Gasteiger partial charge < -0.3 is 0 Å². The molecule has 3 atom stereocenters. The topological polar surface area (TPSA) is 0 Å². The van der Waals surface area contributed by atoms with Crippen molar-refractivity contribution in [1.29, 1.82) is 0 Å². The van der Waals surface area contributed by atoms with E-state index < -0.39 is 0 Å². The lowest BCUT2D eigenvalue weighted by Crippen LogP contribution is -2.19. The molecule has 0 saturated heterocycles. The van der Waals surface area contributed by atoms with Crippen LogP contribution in [0.1, 0.15) is 52.4 Å². The van der Waals surface area contributed by atoms with Crippen molar-refractivity contribution in [1.82, 2.24) is 0 Å². The van der Waals surface area contributed by atoms with Gasteiger partial charge in [0, 0.05) is 0 Å². The molecule has 0 amide bonds. The van der Waals surface area contributed by atoms with Gasteiger partial charge in [-0.15, -0.1) is 0 Å². The minimum Gasteiger partial charge on any atom is -0.0625 e. The quantitative estimate of drug-likeness (QED) is 0.497. The molecule has 3 unspecified atom stereocenters. The van der Waals surface area contributed by atoms with Gasteiger partial charge >= 0.3 is 0 Å². The molecule has 0 N–H and O–H groups in total. The van der Waals surface area contributed by atoms with Crippen LogP contribution >= 0.6 is 0 Å². The molecule has 0 radical (unpaired) electrons. The fraction of sp³-hybridized carbons (Fsp3) is 1.00. The highest BCUT2D eigenvalue weighted by Gasteiger charge is 2.44. The van der Waals surface area contributed by atoms with Gasteiger partial charge in [-0.3, -0.25) is 0 Å². The molecule has 0 heteroatoms. The molecule has 64 valence electrons. The molecular formula is C11H20. The van der Waals surface area contributed by atoms with Crippen LogP contribution in [0.15, 0.2) is 0 Å². The van der Waals surface area contributed by atoms with Crippen LogP contribution in [0.2, 0.25) is 0 Å². The molecule has 2 aliphatic carbocycles. The smallest absolute Gasteiger partial charge is 0.0269 e. The Kier molecular flexibility index (Phi) is 1.74. The monoisotopic (exact) mass is 152 g/mol. The lowest BCUT2D eigenvalue weighted by atomic mass is 9.77. The maximum Gasteiger partial charge on any atom is -0.0269 e. The summed E-state index contributed by atoms with van der Waals surface area (Å²) in [5.74, 6) is 2.06. The van der Waals surface area contributed by atoms with Gasteiger partial charge in [0.25, 0.3) is 0 Å². The third kappa shape index (κ3) is 1.11. The van der Waals surface area contributed by atoms with Gasteiger partial charge in [-0.05, 0) is 36.5 Å². The van der Waals surface area contributed by atoms with Crippen LogP contribution in [0.3, 0.4) is 0 Å². The van der Waals surface area contributed by atoms with Gasteiger partial charge in [0.05, 0.1) is 0 Å². The van der Waals surface area contributed by atoms with E-state index >= 15 is 0 Å². The predicted molar refractivity (Wildman–Crippen MR) is 48.5 cm³/mol. The number of hydrogen-bond donors (Lipinski definition) is 0. The van der Waals surface area contributed by atoms with E-state index in [1.807, 2.05) is 0 Å². The summed E-state index contributed by atoms with van der Waals surface area (Å²) in [6.07, 6.45) is 9.13. The molecule has 0 aromatic heterocycles. The summed E-state index contributed by atoms with van der Waals surface area (Å²) in [4.78, 5) is 0. The van der Waals surface area contributed by atoms with Crippen molar-refractivity contribution in [2.24, 2.45) is 17.3 Å². The molecule has 0 aliphatic heterocycles. The predicted octanol–water partition coefficient (Wildman–Crippen LogP) is 3.61. The molecule has 2 saturated carbocycles. The minimum absolute atomic E-state index is 0.819. The summed E-state index contributed by atoms with van der Waals surface area (Å²) in [6.45, 7) is 4.91. The maximum absolute atomic E-state index is 2.48. The Labute approximate surface area is 70.4 Å². The van der Waals surface area contributed by atoms with Crippen LogP contribution in [0.4, 0.5) is 0 Å². The third-order valence-corrected chi connectivity index (χ3v) is 4.25. The number of rotatable bonds is 0. The largest absolute Gasteiger partial charge is 0.0625 e. The van der Waals surface area contributed by atoms with Crippen LogP contribution < -0.4 is 0 Å². The highest BCUT2D eigenvalue weighted by atomic mass is 14.5. The minimum atomic E-state index is 0.819. The second-order valence-corrected chi connectivity index (χ2v) is 5.00. The second-order valence-electron chi connectivity index (χ2n) is 5.00. The molecule has 0 nitrogen and oxygen atoms in total. The van der Waals surface area contributed by atoms with E-state index in [0.717, 1.165) is 17.3 Å². The third-order valence-electron chi connectivity index (χ3n) is 4.25. The molecule has 2 aliphatic rings. The summed E-state index contributed by atoms with van der Waals surface area (Å²) in [7, 11) is 0. The van der Waals surface area contributed by atoms with Gasteiger partial charge in [0.1, 0.15) is 0 Å². The molecular weight excluding hydrogens is 132 g/mol. The van der Waals surface area contributed by atoms with E-state index in [9.17, 15) is 0 Å². The Balaban J connectivity index is 2.10. The van der Waals surface area contributed by atoms with Crippen LogP contribution in [0.5, 0.6) is 0 Å². The van der Waals surface area contributed by atoms with E-state index in [2.05, 4.69) is 13.8 Å². The van der Waals surface area contributed by atoms with Crippen molar-refractivity contribution in [3.8, 4) is 0 Å². The first kappa shape index (κ1) is 7.64. The molecule has 2 rings (SSSR count). The van der Waals surface area contributed by atoms with Crippen molar-refractivity contribution < 1.29 is 0 Å². The average molecular weight is 152 g/mol. The summed E-state index contributed by atoms with van der Waals surface area (Å²) in [6, 6.07) is 0. The Morgan fingerprint density at radius 1 is 1.09 bits per heavy atom. The first-order chi connectivity index (χ1) is 5.23. The van der Waals surface area contributed by atoms with E-state index in [4.69, 9.17) is 0 Å². The molecule has 0 heterocycles. The second kappa shape index (κ2) is 2.50. The Morgan fingerprint density at radius 2 is 1.91 bits per heavy atom. The molecule has 0 aromatic carbocycles. The van der Waals surface area contributed by atoms with Gasteiger partial charge in [-0.1, -0.05) is 33.1 Å². The van der Waals surface area contributed by atoms with Crippen LogP contribution in [-0.2, 0) is 0 Å². The molecule has 2 fully saturated rings. The lowest BCUT2D eigenvalue weighted by molar-refractivity contribution is 0.216. The van der Waals surface area contributed by atoms with Crippen molar-refractivity contribution in [3.05, 3.63) is 0 Å². The summed E-state index contributed by atoms with van der Waals surface area (Å²) < 4.78 is 0. The Hall–Kier alpha value is 0. The SMILES string of the molecule is CC1CCC2(CCCC2C)C1. The average Bonchev–Trinajstić information content (AvgIpc) is 2.46. The van der Waals surface area contributed by atoms with Gasteiger partial charge in [-0.2, -0.15) is 0 Å². The van der Waals surface area contributed by atoms with E-state index in [-0.39, 0.29) is 0 Å². The molecule has 0 bridgehead atoms. The van der Waals surface area contributed by atoms with Crippen molar-refractivity contribution in [2.75, 3.05) is 0 Å². The Morgan fingerprint density at radius 3 is 2.36 bits per heavy atom. The first-order valence-electron chi connectivity index (χ1n) is 5.23. The van der Waals surface area contributed by atoms with Crippen molar-refractivity contribution in [2.45, 2.75) is 52.4 Å². The van der Waals surface area contributed by atoms with Crippen LogP contribution in [-0.4, -0.2) is 0 Å². The van der Waals surface area contributed by atoms with E-state index in [1.165, 1.54) is 32.1 Å². The normalized spacial score (nSPS) is 50.7. The summed E-state index contributed by atoms with van der Waals surface area (Å²) in [5, 5.41) is 0. The maximum atomic E-state index is 2.48. The zero-order chi connectivity index (χ0) is 7.90. The first-order valence-corrected chi connectivity index (χ1v) is 5.23. The molecule has 0 aromatic rings. The summed E-state index contributed by atoms with van der Waals surface area (Å²) in [5.41, 5.74) is 0.819. The van der Waals surface area contributed by atoms with Gasteiger partial charge in [0.15, 0.2) is 0 Å². The van der Waals surface area contributed by atoms with Crippen LogP contribution in [0, 0.1) is 17.3 Å². The Bertz CT molecular complexity index is 150. The zero-order valence-electron chi connectivity index (χ0n) is 7.90. The van der Waals surface area contributed by atoms with Gasteiger partial charge in [0.2, 0.25) is 0 Å². The van der Waals surface area contributed by atoms with Crippen molar-refractivity contribution >= 4 is 0 Å². The highest BCUT2D eigenvalue weighted by Crippen LogP contribution is 2.55. The van der Waals surface area contributed by atoms with Gasteiger partial charge in [-0.25, -0.2) is 0 Å². The molecule has 1 spiro atoms. The number of hydrogen-bond acceptors (Lipinski definition) is 0. The highest BCUT2D eigenvalue weighted by molar-refractivity contribution is 4.95. The zero-order valence-corrected chi connectivity index (χ0v) is 7.90. The fourth-order valence-corrected chi connectivity index (χ4v) is 3.42.